The van der Waals surface area contributed by atoms with Crippen LogP contribution in [-0.4, -0.2) is 63.9 Å². The van der Waals surface area contributed by atoms with Gasteiger partial charge in [-0.3, -0.25) is 9.36 Å². The third-order valence-electron chi connectivity index (χ3n) is 3.90. The van der Waals surface area contributed by atoms with Crippen molar-refractivity contribution in [1.29, 1.82) is 0 Å². The van der Waals surface area contributed by atoms with Crippen LogP contribution in [-0.2, 0) is 11.8 Å². The molecule has 0 unspecified atom stereocenters. The molecule has 0 spiro atoms. The number of nitrogens with one attached hydrogen (secondary N) is 1. The zero-order valence-corrected chi connectivity index (χ0v) is 13.9. The van der Waals surface area contributed by atoms with Crippen LogP contribution in [0.15, 0.2) is 15.8 Å². The van der Waals surface area contributed by atoms with Gasteiger partial charge in [0, 0.05) is 13.2 Å². The van der Waals surface area contributed by atoms with Gasteiger partial charge >= 0.3 is 5.69 Å². The van der Waals surface area contributed by atoms with Gasteiger partial charge in [0.25, 0.3) is 5.56 Å². The van der Waals surface area contributed by atoms with Gasteiger partial charge in [-0.25, -0.2) is 4.79 Å². The quantitative estimate of drug-likeness (QED) is 0.636. The van der Waals surface area contributed by atoms with E-state index < -0.39 is 42.6 Å². The molecule has 7 nitrogen and oxygen atoms in total. The number of hydrogen-bond acceptors (Lipinski definition) is 5. The average Bonchev–Trinajstić information content (AvgIpc) is 2.70. The van der Waals surface area contributed by atoms with Crippen LogP contribution in [0.1, 0.15) is 18.1 Å². The summed E-state index contributed by atoms with van der Waals surface area (Å²) < 4.78 is 6.61. The maximum Gasteiger partial charge on any atom is 0.328 e. The molecule has 2 heterocycles. The second kappa shape index (κ2) is 6.16. The summed E-state index contributed by atoms with van der Waals surface area (Å²) in [6.07, 6.45) is 2.99. The van der Waals surface area contributed by atoms with Gasteiger partial charge in [-0.15, -0.1) is 13.2 Å². The molecular formula is C14H23N2O5P. The molecule has 1 aromatic rings. The van der Waals surface area contributed by atoms with E-state index >= 15 is 0 Å². The van der Waals surface area contributed by atoms with E-state index in [-0.39, 0.29) is 5.56 Å². The van der Waals surface area contributed by atoms with Crippen molar-refractivity contribution in [3.8, 4) is 0 Å². The first-order chi connectivity index (χ1) is 10.1. The SMILES string of the molecule is C=P(C)(C)CC[C@H]1O[C@@H](c2c[nH]c(=O)n(C)c2=O)[C@H](O)[C@@H]1O. The Hall–Kier alpha value is -1.14. The molecule has 1 saturated heterocycles. The molecule has 0 radical (unpaired) electrons. The van der Waals surface area contributed by atoms with Crippen LogP contribution in [0, 0.1) is 0 Å². The predicted molar refractivity (Wildman–Crippen MR) is 87.3 cm³/mol. The van der Waals surface area contributed by atoms with Crippen LogP contribution in [0.5, 0.6) is 0 Å². The molecule has 4 atom stereocenters. The average molecular weight is 330 g/mol. The number of aromatic amines is 1. The number of aliphatic hydroxyl groups is 2. The first kappa shape index (κ1) is 17.2. The Bertz CT molecular complexity index is 704. The topological polar surface area (TPSA) is 105 Å². The van der Waals surface area contributed by atoms with Gasteiger partial charge in [-0.2, -0.15) is 0 Å². The Balaban J connectivity index is 2.24. The van der Waals surface area contributed by atoms with Crippen molar-refractivity contribution in [1.82, 2.24) is 9.55 Å². The number of hydrogen-bond donors (Lipinski definition) is 3. The van der Waals surface area contributed by atoms with Gasteiger partial charge < -0.3 is 19.9 Å². The van der Waals surface area contributed by atoms with Crippen molar-refractivity contribution >= 4 is 13.2 Å². The highest BCUT2D eigenvalue weighted by Crippen LogP contribution is 2.40. The Labute approximate surface area is 128 Å². The van der Waals surface area contributed by atoms with Crippen molar-refractivity contribution in [2.45, 2.75) is 30.8 Å². The lowest BCUT2D eigenvalue weighted by Crippen LogP contribution is -2.37. The summed E-state index contributed by atoms with van der Waals surface area (Å²) in [5, 5.41) is 20.3. The lowest BCUT2D eigenvalue weighted by atomic mass is 10.0. The fraction of sp³-hybridized carbons (Fsp3) is 0.643. The summed E-state index contributed by atoms with van der Waals surface area (Å²) in [7, 11) is 1.34. The molecule has 0 amide bonds. The summed E-state index contributed by atoms with van der Waals surface area (Å²) in [5.41, 5.74) is -0.938. The number of aromatic nitrogens is 2. The maximum atomic E-state index is 12.1. The fourth-order valence-corrected chi connectivity index (χ4v) is 3.46. The van der Waals surface area contributed by atoms with Crippen LogP contribution in [0.3, 0.4) is 0 Å². The largest absolute Gasteiger partial charge is 0.388 e. The summed E-state index contributed by atoms with van der Waals surface area (Å²) >= 11 is 0. The summed E-state index contributed by atoms with van der Waals surface area (Å²) in [4.78, 5) is 25.9. The molecule has 0 aliphatic carbocycles. The molecule has 1 aliphatic rings. The molecule has 124 valence electrons. The second-order valence-corrected chi connectivity index (χ2v) is 10.8. The smallest absolute Gasteiger partial charge is 0.328 e. The fourth-order valence-electron chi connectivity index (χ4n) is 2.51. The number of ether oxygens (including phenoxy) is 1. The molecule has 0 aromatic carbocycles. The molecule has 1 fully saturated rings. The zero-order valence-electron chi connectivity index (χ0n) is 13.0. The predicted octanol–water partition coefficient (Wildman–Crippen LogP) is -0.665. The third kappa shape index (κ3) is 3.43. The first-order valence-corrected chi connectivity index (χ1v) is 10.1. The third-order valence-corrected chi connectivity index (χ3v) is 5.36. The van der Waals surface area contributed by atoms with Crippen molar-refractivity contribution in [3.05, 3.63) is 32.6 Å². The minimum atomic E-state index is -1.27. The lowest BCUT2D eigenvalue weighted by Gasteiger charge is -2.18. The van der Waals surface area contributed by atoms with Crippen LogP contribution in [0.4, 0.5) is 0 Å². The standard InChI is InChI=1S/C14H23N2O5P/c1-16-13(19)8(7-15-14(16)20)12-11(18)10(17)9(21-12)5-6-22(2,3)4/h7,9-12,17-18H,2,5-6H2,1,3-4H3,(H,15,20)/t9-,10-,11-,12+/m1/s1. The molecule has 8 heteroatoms. The van der Waals surface area contributed by atoms with E-state index in [1.807, 2.05) is 0 Å². The molecule has 1 aromatic heterocycles. The van der Waals surface area contributed by atoms with Crippen molar-refractivity contribution in [3.63, 3.8) is 0 Å². The van der Waals surface area contributed by atoms with E-state index in [0.717, 1.165) is 10.7 Å². The lowest BCUT2D eigenvalue weighted by molar-refractivity contribution is 0.00494. The highest BCUT2D eigenvalue weighted by molar-refractivity contribution is 7.72. The van der Waals surface area contributed by atoms with Gasteiger partial charge in [-0.05, 0) is 25.9 Å². The zero-order chi connectivity index (χ0) is 16.7. The van der Waals surface area contributed by atoms with Crippen LogP contribution in [0.25, 0.3) is 0 Å². The van der Waals surface area contributed by atoms with Crippen molar-refractivity contribution in [2.24, 2.45) is 7.05 Å². The minimum Gasteiger partial charge on any atom is -0.388 e. The molecule has 2 rings (SSSR count). The highest BCUT2D eigenvalue weighted by atomic mass is 31.2. The maximum absolute atomic E-state index is 12.1. The van der Waals surface area contributed by atoms with Crippen molar-refractivity contribution < 1.29 is 14.9 Å². The van der Waals surface area contributed by atoms with Gasteiger partial charge in [-0.1, -0.05) is 0 Å². The highest BCUT2D eigenvalue weighted by Gasteiger charge is 2.44. The van der Waals surface area contributed by atoms with Gasteiger partial charge in [0.1, 0.15) is 18.3 Å². The molecule has 1 aliphatic heterocycles. The van der Waals surface area contributed by atoms with Crippen LogP contribution >= 0.6 is 6.89 Å². The number of nitrogens with zero attached hydrogens (tertiary/aromatic N) is 1. The second-order valence-electron chi connectivity index (χ2n) is 6.44. The normalized spacial score (nSPS) is 29.0. The van der Waals surface area contributed by atoms with E-state index in [0.29, 0.717) is 6.42 Å². The molecule has 3 N–H and O–H groups in total. The Morgan fingerprint density at radius 2 is 2.00 bits per heavy atom. The minimum absolute atomic E-state index is 0.139. The Morgan fingerprint density at radius 3 is 2.59 bits per heavy atom. The van der Waals surface area contributed by atoms with E-state index in [2.05, 4.69) is 24.6 Å². The number of H-pyrrole nitrogens is 1. The first-order valence-electron chi connectivity index (χ1n) is 7.09. The summed E-state index contributed by atoms with van der Waals surface area (Å²) in [6, 6.07) is 0. The Kier molecular flexibility index (Phi) is 4.82. The van der Waals surface area contributed by atoms with Gasteiger partial charge in [0.15, 0.2) is 0 Å². The van der Waals surface area contributed by atoms with Crippen LogP contribution < -0.4 is 11.2 Å². The summed E-state index contributed by atoms with van der Waals surface area (Å²) in [6.45, 7) is 2.90. The molecular weight excluding hydrogens is 307 g/mol. The van der Waals surface area contributed by atoms with E-state index in [9.17, 15) is 19.8 Å². The van der Waals surface area contributed by atoms with E-state index in [4.69, 9.17) is 4.74 Å². The molecule has 0 bridgehead atoms. The van der Waals surface area contributed by atoms with Crippen LogP contribution in [0.2, 0.25) is 0 Å². The van der Waals surface area contributed by atoms with E-state index in [1.54, 1.807) is 0 Å². The van der Waals surface area contributed by atoms with Gasteiger partial charge in [0.05, 0.1) is 11.7 Å². The van der Waals surface area contributed by atoms with Gasteiger partial charge in [0.2, 0.25) is 0 Å². The number of aliphatic hydroxyl groups excluding tert-OH is 2. The molecule has 0 saturated carbocycles. The van der Waals surface area contributed by atoms with Crippen molar-refractivity contribution in [2.75, 3.05) is 19.5 Å². The monoisotopic (exact) mass is 330 g/mol. The number of rotatable bonds is 4. The van der Waals surface area contributed by atoms with E-state index in [1.165, 1.54) is 13.2 Å². The Morgan fingerprint density at radius 1 is 1.36 bits per heavy atom. The summed E-state index contributed by atoms with van der Waals surface area (Å²) in [5.74, 6) is 0. The molecule has 22 heavy (non-hydrogen) atoms.